The van der Waals surface area contributed by atoms with E-state index in [1.54, 1.807) is 16.2 Å². The van der Waals surface area contributed by atoms with Crippen molar-refractivity contribution in [2.24, 2.45) is 0 Å². The average Bonchev–Trinajstić information content (AvgIpc) is 3.12. The molecule has 5 heteroatoms. The van der Waals surface area contributed by atoms with Crippen LogP contribution in [-0.4, -0.2) is 34.2 Å². The summed E-state index contributed by atoms with van der Waals surface area (Å²) >= 11 is 1.64. The van der Waals surface area contributed by atoms with Crippen LogP contribution in [0.25, 0.3) is 0 Å². The number of carbonyl (C=O) groups excluding carboxylic acids is 2. The molecule has 0 saturated carbocycles. The van der Waals surface area contributed by atoms with Crippen LogP contribution in [0.4, 0.5) is 0 Å². The molecule has 1 heterocycles. The molecule has 0 aliphatic heterocycles. The fourth-order valence-electron chi connectivity index (χ4n) is 2.67. The molecule has 0 aliphatic rings. The lowest BCUT2D eigenvalue weighted by Gasteiger charge is -2.30. The second kappa shape index (κ2) is 9.37. The Morgan fingerprint density at radius 2 is 1.80 bits per heavy atom. The Kier molecular flexibility index (Phi) is 7.19. The maximum Gasteiger partial charge on any atom is 0.242 e. The normalized spacial score (nSPS) is 11.8. The van der Waals surface area contributed by atoms with Crippen molar-refractivity contribution in [1.82, 2.24) is 9.80 Å². The van der Waals surface area contributed by atoms with Gasteiger partial charge in [0.1, 0.15) is 0 Å². The summed E-state index contributed by atoms with van der Waals surface area (Å²) in [5.41, 5.74) is 1.09. The van der Waals surface area contributed by atoms with E-state index in [1.807, 2.05) is 66.6 Å². The van der Waals surface area contributed by atoms with Gasteiger partial charge >= 0.3 is 0 Å². The van der Waals surface area contributed by atoms with E-state index in [0.717, 1.165) is 16.9 Å². The number of amides is 2. The molecule has 0 saturated heterocycles. The van der Waals surface area contributed by atoms with E-state index in [0.29, 0.717) is 13.1 Å². The molecular formula is C20H26N2O2S. The summed E-state index contributed by atoms with van der Waals surface area (Å²) in [5, 5.41) is 2.02. The van der Waals surface area contributed by atoms with Crippen LogP contribution in [0, 0.1) is 0 Å². The van der Waals surface area contributed by atoms with Gasteiger partial charge in [-0.25, -0.2) is 0 Å². The van der Waals surface area contributed by atoms with Crippen molar-refractivity contribution in [3.8, 4) is 0 Å². The minimum Gasteiger partial charge on any atom is -0.332 e. The van der Waals surface area contributed by atoms with Crippen molar-refractivity contribution in [2.45, 2.75) is 46.3 Å². The molecule has 2 aromatic rings. The van der Waals surface area contributed by atoms with Crippen molar-refractivity contribution in [1.29, 1.82) is 0 Å². The fraction of sp³-hybridized carbons (Fsp3) is 0.400. The van der Waals surface area contributed by atoms with Crippen LogP contribution < -0.4 is 0 Å². The Labute approximate surface area is 154 Å². The predicted molar refractivity (Wildman–Crippen MR) is 102 cm³/mol. The van der Waals surface area contributed by atoms with E-state index in [9.17, 15) is 9.59 Å². The molecule has 0 aliphatic carbocycles. The van der Waals surface area contributed by atoms with Gasteiger partial charge in [-0.05, 0) is 30.4 Å². The third kappa shape index (κ3) is 5.71. The lowest BCUT2D eigenvalue weighted by molar-refractivity contribution is -0.141. The van der Waals surface area contributed by atoms with E-state index < -0.39 is 0 Å². The van der Waals surface area contributed by atoms with Gasteiger partial charge in [-0.3, -0.25) is 9.59 Å². The number of thiophene rings is 1. The van der Waals surface area contributed by atoms with Gasteiger partial charge in [0.05, 0.1) is 13.1 Å². The molecule has 0 fully saturated rings. The summed E-state index contributed by atoms with van der Waals surface area (Å²) in [4.78, 5) is 29.5. The standard InChI is InChI=1S/C20H26N2O2S/c1-4-16(2)22(17(3)23)15-20(24)21(14-19-11-8-12-25-19)13-18-9-6-5-7-10-18/h5-12,16H,4,13-15H2,1-3H3/t16-/m0/s1. The Morgan fingerprint density at radius 3 is 2.36 bits per heavy atom. The molecule has 0 spiro atoms. The van der Waals surface area contributed by atoms with Crippen LogP contribution in [0.5, 0.6) is 0 Å². The first-order valence-electron chi connectivity index (χ1n) is 8.62. The van der Waals surface area contributed by atoms with Crippen LogP contribution in [0.1, 0.15) is 37.6 Å². The minimum absolute atomic E-state index is 0.0206. The van der Waals surface area contributed by atoms with Crippen molar-refractivity contribution >= 4 is 23.2 Å². The molecule has 0 radical (unpaired) electrons. The molecule has 1 aromatic carbocycles. The maximum absolute atomic E-state index is 12.9. The molecule has 1 aromatic heterocycles. The van der Waals surface area contributed by atoms with E-state index in [-0.39, 0.29) is 24.4 Å². The van der Waals surface area contributed by atoms with Gasteiger partial charge in [0.2, 0.25) is 11.8 Å². The van der Waals surface area contributed by atoms with Gasteiger partial charge in [-0.2, -0.15) is 0 Å². The van der Waals surface area contributed by atoms with Crippen LogP contribution in [0.3, 0.4) is 0 Å². The van der Waals surface area contributed by atoms with Crippen molar-refractivity contribution < 1.29 is 9.59 Å². The first kappa shape index (κ1) is 19.2. The topological polar surface area (TPSA) is 40.6 Å². The van der Waals surface area contributed by atoms with Gasteiger partial charge in [-0.15, -0.1) is 11.3 Å². The third-order valence-corrected chi connectivity index (χ3v) is 5.19. The van der Waals surface area contributed by atoms with Crippen LogP contribution >= 0.6 is 11.3 Å². The first-order valence-corrected chi connectivity index (χ1v) is 9.50. The Hall–Kier alpha value is -2.14. The summed E-state index contributed by atoms with van der Waals surface area (Å²) in [6.45, 7) is 6.78. The van der Waals surface area contributed by atoms with Gasteiger partial charge in [0, 0.05) is 24.4 Å². The molecule has 4 nitrogen and oxygen atoms in total. The highest BCUT2D eigenvalue weighted by atomic mass is 32.1. The van der Waals surface area contributed by atoms with E-state index in [2.05, 4.69) is 0 Å². The lowest BCUT2D eigenvalue weighted by atomic mass is 10.2. The highest BCUT2D eigenvalue weighted by Gasteiger charge is 2.23. The van der Waals surface area contributed by atoms with Crippen molar-refractivity contribution in [2.75, 3.05) is 6.54 Å². The van der Waals surface area contributed by atoms with E-state index >= 15 is 0 Å². The quantitative estimate of drug-likeness (QED) is 0.717. The zero-order valence-corrected chi connectivity index (χ0v) is 16.0. The van der Waals surface area contributed by atoms with Gasteiger partial charge in [0.25, 0.3) is 0 Å². The minimum atomic E-state index is -0.0570. The highest BCUT2D eigenvalue weighted by molar-refractivity contribution is 7.09. The van der Waals surface area contributed by atoms with E-state index in [1.165, 1.54) is 6.92 Å². The lowest BCUT2D eigenvalue weighted by Crippen LogP contribution is -2.45. The molecule has 1 atom stereocenters. The van der Waals surface area contributed by atoms with Crippen LogP contribution in [0.15, 0.2) is 47.8 Å². The molecule has 2 amide bonds. The number of hydrogen-bond donors (Lipinski definition) is 0. The zero-order valence-electron chi connectivity index (χ0n) is 15.1. The SMILES string of the molecule is CC[C@H](C)N(CC(=O)N(Cc1ccccc1)Cc1cccs1)C(C)=O. The largest absolute Gasteiger partial charge is 0.332 e. The Morgan fingerprint density at radius 1 is 1.08 bits per heavy atom. The molecule has 0 bridgehead atoms. The van der Waals surface area contributed by atoms with Crippen LogP contribution in [0.2, 0.25) is 0 Å². The maximum atomic E-state index is 12.9. The number of carbonyl (C=O) groups is 2. The summed E-state index contributed by atoms with van der Waals surface area (Å²) in [5.74, 6) is -0.0776. The second-order valence-corrected chi connectivity index (χ2v) is 7.25. The van der Waals surface area contributed by atoms with Crippen molar-refractivity contribution in [3.63, 3.8) is 0 Å². The molecule has 0 unspecified atom stereocenters. The van der Waals surface area contributed by atoms with Gasteiger partial charge < -0.3 is 9.80 Å². The summed E-state index contributed by atoms with van der Waals surface area (Å²) in [6.07, 6.45) is 0.830. The fourth-order valence-corrected chi connectivity index (χ4v) is 3.39. The number of benzene rings is 1. The molecule has 2 rings (SSSR count). The van der Waals surface area contributed by atoms with Gasteiger partial charge in [0.15, 0.2) is 0 Å². The monoisotopic (exact) mass is 358 g/mol. The van der Waals surface area contributed by atoms with Crippen molar-refractivity contribution in [3.05, 3.63) is 58.3 Å². The van der Waals surface area contributed by atoms with Gasteiger partial charge in [-0.1, -0.05) is 43.3 Å². The average molecular weight is 359 g/mol. The van der Waals surface area contributed by atoms with E-state index in [4.69, 9.17) is 0 Å². The highest BCUT2D eigenvalue weighted by Crippen LogP contribution is 2.16. The Balaban J connectivity index is 2.15. The predicted octanol–water partition coefficient (Wildman–Crippen LogP) is 3.92. The molecule has 25 heavy (non-hydrogen) atoms. The Bertz CT molecular complexity index is 670. The van der Waals surface area contributed by atoms with Crippen LogP contribution in [-0.2, 0) is 22.7 Å². The third-order valence-electron chi connectivity index (χ3n) is 4.33. The second-order valence-electron chi connectivity index (χ2n) is 6.22. The zero-order chi connectivity index (χ0) is 18.2. The molecule has 0 N–H and O–H groups in total. The summed E-state index contributed by atoms with van der Waals surface area (Å²) < 4.78 is 0. The molecular weight excluding hydrogens is 332 g/mol. The summed E-state index contributed by atoms with van der Waals surface area (Å²) in [6, 6.07) is 14.0. The summed E-state index contributed by atoms with van der Waals surface area (Å²) in [7, 11) is 0. The molecule has 134 valence electrons. The number of rotatable bonds is 8. The number of hydrogen-bond acceptors (Lipinski definition) is 3. The number of nitrogens with zero attached hydrogens (tertiary/aromatic N) is 2. The first-order chi connectivity index (χ1) is 12.0. The smallest absolute Gasteiger partial charge is 0.242 e.